The molecule has 7 heteroatoms. The molecule has 3 fully saturated rings. The highest BCUT2D eigenvalue weighted by atomic mass is 19.4. The van der Waals surface area contributed by atoms with Gasteiger partial charge in [0.15, 0.2) is 0 Å². The Hall–Kier alpha value is -0.820. The van der Waals surface area contributed by atoms with Crippen molar-refractivity contribution in [1.29, 1.82) is 0 Å². The van der Waals surface area contributed by atoms with Crippen molar-refractivity contribution < 1.29 is 22.7 Å². The standard InChI is InChI=1S/C15H23F3N2O2/c1-2-22-12-8-11(14(12)5-3-6-14)19-10-4-7-20(13(10)21)9-15(16,17)18/h10-12,19H,2-9H2,1H3. The number of carbonyl (C=O) groups excluding carboxylic acids is 1. The van der Waals surface area contributed by atoms with Crippen molar-refractivity contribution in [3.05, 3.63) is 0 Å². The Bertz CT molecular complexity index is 437. The van der Waals surface area contributed by atoms with Gasteiger partial charge in [-0.05, 0) is 32.6 Å². The third kappa shape index (κ3) is 2.73. The lowest BCUT2D eigenvalue weighted by Gasteiger charge is -2.61. The number of amides is 1. The van der Waals surface area contributed by atoms with Crippen LogP contribution < -0.4 is 5.32 Å². The van der Waals surface area contributed by atoms with E-state index < -0.39 is 24.7 Å². The van der Waals surface area contributed by atoms with Gasteiger partial charge in [-0.1, -0.05) is 6.42 Å². The van der Waals surface area contributed by atoms with Crippen LogP contribution in [0.2, 0.25) is 0 Å². The summed E-state index contributed by atoms with van der Waals surface area (Å²) < 4.78 is 43.1. The molecule has 0 aromatic heterocycles. The molecule has 3 aliphatic rings. The summed E-state index contributed by atoms with van der Waals surface area (Å²) >= 11 is 0. The van der Waals surface area contributed by atoms with Crippen molar-refractivity contribution in [1.82, 2.24) is 10.2 Å². The van der Waals surface area contributed by atoms with E-state index in [1.165, 1.54) is 6.42 Å². The van der Waals surface area contributed by atoms with Crippen LogP contribution in [0, 0.1) is 5.41 Å². The van der Waals surface area contributed by atoms with Gasteiger partial charge in [-0.3, -0.25) is 4.79 Å². The van der Waals surface area contributed by atoms with Gasteiger partial charge in [0.1, 0.15) is 6.54 Å². The molecule has 1 N–H and O–H groups in total. The van der Waals surface area contributed by atoms with Crippen LogP contribution in [0.15, 0.2) is 0 Å². The molecule has 0 aromatic rings. The number of hydrogen-bond acceptors (Lipinski definition) is 3. The number of nitrogens with zero attached hydrogens (tertiary/aromatic N) is 1. The van der Waals surface area contributed by atoms with Gasteiger partial charge in [0.05, 0.1) is 12.1 Å². The number of rotatable bonds is 5. The van der Waals surface area contributed by atoms with Crippen LogP contribution in [-0.2, 0) is 9.53 Å². The molecule has 1 aliphatic heterocycles. The first-order chi connectivity index (χ1) is 10.4. The quantitative estimate of drug-likeness (QED) is 0.843. The fraction of sp³-hybridized carbons (Fsp3) is 0.933. The summed E-state index contributed by atoms with van der Waals surface area (Å²) in [7, 11) is 0. The maximum Gasteiger partial charge on any atom is 0.406 e. The first-order valence-electron chi connectivity index (χ1n) is 8.09. The van der Waals surface area contributed by atoms with Gasteiger partial charge in [0, 0.05) is 24.6 Å². The van der Waals surface area contributed by atoms with Crippen LogP contribution in [0.25, 0.3) is 0 Å². The molecule has 1 spiro atoms. The number of ether oxygens (including phenoxy) is 1. The highest BCUT2D eigenvalue weighted by molar-refractivity contribution is 5.84. The van der Waals surface area contributed by atoms with E-state index in [0.717, 1.165) is 24.2 Å². The van der Waals surface area contributed by atoms with Crippen molar-refractivity contribution >= 4 is 5.91 Å². The number of hydrogen-bond donors (Lipinski definition) is 1. The van der Waals surface area contributed by atoms with Gasteiger partial charge in [0.25, 0.3) is 0 Å². The molecular formula is C15H23F3N2O2. The Morgan fingerprint density at radius 2 is 2.14 bits per heavy atom. The normalized spacial score (nSPS) is 33.9. The fourth-order valence-electron chi connectivity index (χ4n) is 4.18. The van der Waals surface area contributed by atoms with E-state index in [4.69, 9.17) is 4.74 Å². The summed E-state index contributed by atoms with van der Waals surface area (Å²) in [4.78, 5) is 13.0. The Morgan fingerprint density at radius 3 is 2.68 bits per heavy atom. The van der Waals surface area contributed by atoms with Crippen LogP contribution in [0.4, 0.5) is 13.2 Å². The van der Waals surface area contributed by atoms with Crippen LogP contribution in [0.3, 0.4) is 0 Å². The smallest absolute Gasteiger partial charge is 0.378 e. The molecule has 22 heavy (non-hydrogen) atoms. The summed E-state index contributed by atoms with van der Waals surface area (Å²) in [5.41, 5.74) is 0.119. The zero-order chi connectivity index (χ0) is 16.0. The van der Waals surface area contributed by atoms with Crippen LogP contribution >= 0.6 is 0 Å². The summed E-state index contributed by atoms with van der Waals surface area (Å²) in [5, 5.41) is 3.32. The highest BCUT2D eigenvalue weighted by Crippen LogP contribution is 2.57. The van der Waals surface area contributed by atoms with Crippen molar-refractivity contribution in [3.8, 4) is 0 Å². The lowest BCUT2D eigenvalue weighted by molar-refractivity contribution is -0.176. The van der Waals surface area contributed by atoms with Gasteiger partial charge < -0.3 is 15.0 Å². The maximum absolute atomic E-state index is 12.4. The number of halogens is 3. The van der Waals surface area contributed by atoms with Crippen molar-refractivity contribution in [2.75, 3.05) is 19.7 Å². The fourth-order valence-corrected chi connectivity index (χ4v) is 4.18. The molecule has 126 valence electrons. The number of carbonyl (C=O) groups is 1. The molecule has 1 amide bonds. The van der Waals surface area contributed by atoms with E-state index in [0.29, 0.717) is 13.0 Å². The summed E-state index contributed by atoms with van der Waals surface area (Å²) in [5.74, 6) is -0.411. The van der Waals surface area contributed by atoms with Crippen molar-refractivity contribution in [3.63, 3.8) is 0 Å². The highest BCUT2D eigenvalue weighted by Gasteiger charge is 2.59. The van der Waals surface area contributed by atoms with E-state index in [1.807, 2.05) is 6.92 Å². The zero-order valence-electron chi connectivity index (χ0n) is 12.8. The molecule has 0 bridgehead atoms. The van der Waals surface area contributed by atoms with E-state index in [1.54, 1.807) is 0 Å². The van der Waals surface area contributed by atoms with Crippen LogP contribution in [0.5, 0.6) is 0 Å². The monoisotopic (exact) mass is 320 g/mol. The summed E-state index contributed by atoms with van der Waals surface area (Å²) in [6.45, 7) is 1.70. The van der Waals surface area contributed by atoms with E-state index in [9.17, 15) is 18.0 Å². The average molecular weight is 320 g/mol. The van der Waals surface area contributed by atoms with Gasteiger partial charge in [0.2, 0.25) is 5.91 Å². The van der Waals surface area contributed by atoms with Crippen molar-refractivity contribution in [2.24, 2.45) is 5.41 Å². The lowest BCUT2D eigenvalue weighted by atomic mass is 9.51. The van der Waals surface area contributed by atoms with Crippen LogP contribution in [-0.4, -0.2) is 54.9 Å². The molecule has 0 aromatic carbocycles. The molecule has 3 rings (SSSR count). The van der Waals surface area contributed by atoms with Crippen molar-refractivity contribution in [2.45, 2.75) is 63.4 Å². The van der Waals surface area contributed by atoms with Crippen LogP contribution in [0.1, 0.15) is 39.0 Å². The molecule has 2 aliphatic carbocycles. The number of nitrogens with one attached hydrogen (secondary N) is 1. The van der Waals surface area contributed by atoms with Gasteiger partial charge >= 0.3 is 6.18 Å². The Kier molecular flexibility index (Phi) is 4.14. The van der Waals surface area contributed by atoms with E-state index >= 15 is 0 Å². The molecule has 1 saturated heterocycles. The lowest BCUT2D eigenvalue weighted by Crippen LogP contribution is -2.68. The SMILES string of the molecule is CCOC1CC(NC2CCN(CC(F)(F)F)C2=O)C12CCC2. The first kappa shape index (κ1) is 16.1. The predicted molar refractivity (Wildman–Crippen MR) is 74.3 cm³/mol. The van der Waals surface area contributed by atoms with E-state index in [-0.39, 0.29) is 24.1 Å². The zero-order valence-corrected chi connectivity index (χ0v) is 12.8. The first-order valence-corrected chi connectivity index (χ1v) is 8.09. The third-order valence-corrected chi connectivity index (χ3v) is 5.51. The Labute approximate surface area is 128 Å². The summed E-state index contributed by atoms with van der Waals surface area (Å²) in [6.07, 6.45) is 0.575. The van der Waals surface area contributed by atoms with Gasteiger partial charge in [-0.2, -0.15) is 13.2 Å². The maximum atomic E-state index is 12.4. The second-order valence-corrected chi connectivity index (χ2v) is 6.70. The molecule has 2 saturated carbocycles. The minimum absolute atomic E-state index is 0.119. The Balaban J connectivity index is 1.55. The Morgan fingerprint density at radius 1 is 1.41 bits per heavy atom. The molecular weight excluding hydrogens is 297 g/mol. The second kappa shape index (κ2) is 5.67. The predicted octanol–water partition coefficient (Wildman–Crippen LogP) is 2.09. The molecule has 3 atom stereocenters. The van der Waals surface area contributed by atoms with Gasteiger partial charge in [-0.25, -0.2) is 0 Å². The molecule has 1 heterocycles. The largest absolute Gasteiger partial charge is 0.406 e. The minimum atomic E-state index is -4.32. The van der Waals surface area contributed by atoms with Gasteiger partial charge in [-0.15, -0.1) is 0 Å². The average Bonchev–Trinajstić information content (AvgIpc) is 2.66. The summed E-state index contributed by atoms with van der Waals surface area (Å²) in [6, 6.07) is -0.259. The number of likely N-dealkylation sites (tertiary alicyclic amines) is 1. The molecule has 3 unspecified atom stereocenters. The second-order valence-electron chi connectivity index (χ2n) is 6.70. The topological polar surface area (TPSA) is 41.6 Å². The molecule has 0 radical (unpaired) electrons. The molecule has 4 nitrogen and oxygen atoms in total. The third-order valence-electron chi connectivity index (χ3n) is 5.51. The van der Waals surface area contributed by atoms with E-state index in [2.05, 4.69) is 5.32 Å². The number of alkyl halides is 3. The minimum Gasteiger partial charge on any atom is -0.378 e.